The van der Waals surface area contributed by atoms with Crippen LogP contribution in [0.15, 0.2) is 116 Å². The zero-order chi connectivity index (χ0) is 35.2. The normalized spacial score (nSPS) is 14.6. The predicted octanol–water partition coefficient (Wildman–Crippen LogP) is 8.57. The quantitative estimate of drug-likeness (QED) is 0.119. The zero-order valence-electron chi connectivity index (χ0n) is 26.6. The molecule has 0 spiro atoms. The van der Waals surface area contributed by atoms with Crippen molar-refractivity contribution >= 4 is 70.7 Å². The van der Waals surface area contributed by atoms with Crippen molar-refractivity contribution in [3.63, 3.8) is 0 Å². The van der Waals surface area contributed by atoms with Crippen molar-refractivity contribution in [2.75, 3.05) is 4.72 Å². The fraction of sp³-hybridized carbons (Fsp3) is 0.132. The van der Waals surface area contributed by atoms with E-state index in [9.17, 15) is 27.5 Å². The fourth-order valence-electron chi connectivity index (χ4n) is 6.20. The van der Waals surface area contributed by atoms with Crippen molar-refractivity contribution in [1.29, 1.82) is 0 Å². The summed E-state index contributed by atoms with van der Waals surface area (Å²) in [6, 6.07) is 24.7. The molecule has 12 heteroatoms. The molecule has 0 bridgehead atoms. The number of sulfonamides is 1. The van der Waals surface area contributed by atoms with Crippen molar-refractivity contribution < 1.29 is 22.7 Å². The largest absolute Gasteiger partial charge is 0.494 e. The van der Waals surface area contributed by atoms with Crippen LogP contribution in [0.5, 0.6) is 5.88 Å². The summed E-state index contributed by atoms with van der Waals surface area (Å²) in [7, 11) is -4.28. The Morgan fingerprint density at radius 3 is 2.50 bits per heavy atom. The number of hydrogen-bond donors (Lipinski definition) is 2. The number of ketones is 1. The molecule has 0 radical (unpaired) electrons. The van der Waals surface area contributed by atoms with Gasteiger partial charge in [0.1, 0.15) is 10.8 Å². The molecular formula is C38H29BrFN3O5S2. The molecule has 0 saturated carbocycles. The highest BCUT2D eigenvalue weighted by Crippen LogP contribution is 2.42. The van der Waals surface area contributed by atoms with E-state index in [1.807, 2.05) is 12.1 Å². The van der Waals surface area contributed by atoms with E-state index in [0.29, 0.717) is 27.4 Å². The Bertz CT molecular complexity index is 2510. The summed E-state index contributed by atoms with van der Waals surface area (Å²) in [6.45, 7) is 2.19. The van der Waals surface area contributed by atoms with Gasteiger partial charge in [-0.15, -0.1) is 11.3 Å². The number of fused-ring (bicyclic) bond motifs is 2. The number of carbonyl (C=O) groups excluding carboxylic acids is 1. The molecule has 0 saturated heterocycles. The maximum atomic E-state index is 14.3. The highest BCUT2D eigenvalue weighted by atomic mass is 79.9. The minimum atomic E-state index is -4.28. The number of nitrogens with one attached hydrogen (secondary N) is 1. The van der Waals surface area contributed by atoms with Crippen molar-refractivity contribution in [1.82, 2.24) is 4.57 Å². The molecule has 2 heterocycles. The number of para-hydroxylation sites is 1. The van der Waals surface area contributed by atoms with Crippen LogP contribution in [0.4, 0.5) is 15.1 Å². The Kier molecular flexibility index (Phi) is 9.02. The first kappa shape index (κ1) is 33.6. The van der Waals surface area contributed by atoms with E-state index in [1.165, 1.54) is 60.0 Å². The number of halogens is 2. The molecule has 0 fully saturated rings. The van der Waals surface area contributed by atoms with E-state index in [2.05, 4.69) is 27.6 Å². The van der Waals surface area contributed by atoms with Gasteiger partial charge in [-0.05, 0) is 91.4 Å². The molecule has 2 N–H and O–H groups in total. The number of benzene rings is 4. The van der Waals surface area contributed by atoms with Gasteiger partial charge in [0.15, 0.2) is 5.78 Å². The zero-order valence-corrected chi connectivity index (χ0v) is 29.8. The van der Waals surface area contributed by atoms with Crippen molar-refractivity contribution in [2.24, 2.45) is 10.9 Å². The third kappa shape index (κ3) is 6.30. The lowest BCUT2D eigenvalue weighted by molar-refractivity contribution is 0.103. The topological polar surface area (TPSA) is 118 Å². The number of aromatic nitrogens is 1. The van der Waals surface area contributed by atoms with Crippen LogP contribution in [0.3, 0.4) is 0 Å². The van der Waals surface area contributed by atoms with Crippen LogP contribution in [0.25, 0.3) is 16.5 Å². The molecule has 1 atom stereocenters. The number of thiophene rings is 1. The molecule has 252 valence electrons. The molecule has 2 aromatic heterocycles. The van der Waals surface area contributed by atoms with Gasteiger partial charge in [-0.3, -0.25) is 14.3 Å². The van der Waals surface area contributed by atoms with Crippen LogP contribution in [-0.4, -0.2) is 30.1 Å². The Morgan fingerprint density at radius 1 is 1.02 bits per heavy atom. The standard InChI is InChI=1S/C38H29BrFN3O5S2/c1-22-13-18-29-33(19-22)49-36(34(29)35(44)23-14-16-24(39)17-15-23)41-21-30-27-9-2-3-10-28(27)37(45)43(38(30)46)25-7-6-8-26(20-25)50(47,48)42-32-12-5-4-11-31(32)40/h2-12,14-17,20-22,42,46H,13,18-19H2,1H3/b41-21+. The Labute approximate surface area is 299 Å². The molecule has 1 aliphatic carbocycles. The number of aliphatic imine (C=N–C) groups is 1. The highest BCUT2D eigenvalue weighted by molar-refractivity contribution is 9.10. The van der Waals surface area contributed by atoms with Crippen molar-refractivity contribution in [3.05, 3.63) is 145 Å². The number of anilines is 1. The first-order chi connectivity index (χ1) is 24.0. The van der Waals surface area contributed by atoms with E-state index in [4.69, 9.17) is 4.99 Å². The lowest BCUT2D eigenvalue weighted by Crippen LogP contribution is -2.21. The third-order valence-electron chi connectivity index (χ3n) is 8.75. The monoisotopic (exact) mass is 769 g/mol. The van der Waals surface area contributed by atoms with Crippen LogP contribution < -0.4 is 10.3 Å². The number of rotatable bonds is 8. The van der Waals surface area contributed by atoms with Crippen LogP contribution in [0.2, 0.25) is 0 Å². The molecule has 0 amide bonds. The second kappa shape index (κ2) is 13.4. The lowest BCUT2D eigenvalue weighted by Gasteiger charge is -2.18. The van der Waals surface area contributed by atoms with E-state index in [-0.39, 0.29) is 33.0 Å². The second-order valence-corrected chi connectivity index (χ2v) is 15.8. The van der Waals surface area contributed by atoms with Crippen LogP contribution in [-0.2, 0) is 22.9 Å². The molecular weight excluding hydrogens is 741 g/mol. The minimum absolute atomic E-state index is 0.0657. The van der Waals surface area contributed by atoms with Gasteiger partial charge in [-0.1, -0.05) is 59.3 Å². The van der Waals surface area contributed by atoms with Gasteiger partial charge in [-0.2, -0.15) is 0 Å². The molecule has 6 aromatic rings. The molecule has 1 unspecified atom stereocenters. The first-order valence-corrected chi connectivity index (χ1v) is 18.8. The number of hydrogen-bond acceptors (Lipinski definition) is 7. The number of carbonyl (C=O) groups is 1. The van der Waals surface area contributed by atoms with Crippen LogP contribution >= 0.6 is 27.3 Å². The Hall–Kier alpha value is -4.91. The minimum Gasteiger partial charge on any atom is -0.494 e. The first-order valence-electron chi connectivity index (χ1n) is 15.7. The van der Waals surface area contributed by atoms with Gasteiger partial charge in [-0.25, -0.2) is 22.4 Å². The molecule has 50 heavy (non-hydrogen) atoms. The van der Waals surface area contributed by atoms with E-state index < -0.39 is 27.3 Å². The lowest BCUT2D eigenvalue weighted by atomic mass is 9.86. The highest BCUT2D eigenvalue weighted by Gasteiger charge is 2.28. The van der Waals surface area contributed by atoms with Crippen molar-refractivity contribution in [3.8, 4) is 11.6 Å². The number of aromatic hydroxyl groups is 1. The SMILES string of the molecule is CC1CCc2c(sc(/N=C/c3c(O)n(-c4cccc(S(=O)(=O)Nc5ccccc5F)c4)c(=O)c4ccccc34)c2C(=O)c2ccc(Br)cc2)C1. The summed E-state index contributed by atoms with van der Waals surface area (Å²) in [5, 5.41) is 12.9. The predicted molar refractivity (Wildman–Crippen MR) is 199 cm³/mol. The van der Waals surface area contributed by atoms with E-state index >= 15 is 0 Å². The van der Waals surface area contributed by atoms with Gasteiger partial charge in [0.05, 0.1) is 27.4 Å². The molecule has 4 aromatic carbocycles. The average Bonchev–Trinajstić information content (AvgIpc) is 3.46. The van der Waals surface area contributed by atoms with Crippen LogP contribution in [0.1, 0.15) is 45.3 Å². The smallest absolute Gasteiger partial charge is 0.265 e. The summed E-state index contributed by atoms with van der Waals surface area (Å²) < 4.78 is 45.0. The number of pyridine rings is 1. The van der Waals surface area contributed by atoms with E-state index in [1.54, 1.807) is 36.4 Å². The summed E-state index contributed by atoms with van der Waals surface area (Å²) in [6.07, 6.45) is 3.99. The summed E-state index contributed by atoms with van der Waals surface area (Å²) >= 11 is 4.89. The van der Waals surface area contributed by atoms with Crippen molar-refractivity contribution in [2.45, 2.75) is 31.1 Å². The second-order valence-electron chi connectivity index (χ2n) is 12.1. The maximum Gasteiger partial charge on any atom is 0.265 e. The average molecular weight is 771 g/mol. The van der Waals surface area contributed by atoms with Gasteiger partial charge < -0.3 is 5.11 Å². The third-order valence-corrected chi connectivity index (χ3v) is 11.8. The Morgan fingerprint density at radius 2 is 1.74 bits per heavy atom. The van der Waals surface area contributed by atoms with Gasteiger partial charge in [0.2, 0.25) is 5.88 Å². The van der Waals surface area contributed by atoms with Crippen LogP contribution in [0, 0.1) is 11.7 Å². The Balaban J connectivity index is 1.35. The number of nitrogens with zero attached hydrogens (tertiary/aromatic N) is 2. The molecule has 7 rings (SSSR count). The maximum absolute atomic E-state index is 14.3. The molecule has 1 aliphatic rings. The van der Waals surface area contributed by atoms with Gasteiger partial charge in [0, 0.05) is 31.9 Å². The van der Waals surface area contributed by atoms with Gasteiger partial charge >= 0.3 is 0 Å². The summed E-state index contributed by atoms with van der Waals surface area (Å²) in [5.41, 5.74) is 1.52. The summed E-state index contributed by atoms with van der Waals surface area (Å²) in [5.74, 6) is -0.892. The summed E-state index contributed by atoms with van der Waals surface area (Å²) in [4.78, 5) is 33.5. The fourth-order valence-corrected chi connectivity index (χ4v) is 8.92. The molecule has 0 aliphatic heterocycles. The van der Waals surface area contributed by atoms with Gasteiger partial charge in [0.25, 0.3) is 15.6 Å². The van der Waals surface area contributed by atoms with E-state index in [0.717, 1.165) is 44.8 Å². The molecule has 8 nitrogen and oxygen atoms in total.